The maximum Gasteiger partial charge on any atom is 0.409 e. The maximum absolute atomic E-state index is 10.5. The van der Waals surface area contributed by atoms with Crippen LogP contribution in [0.3, 0.4) is 0 Å². The highest BCUT2D eigenvalue weighted by Gasteiger charge is 2.09. The van der Waals surface area contributed by atoms with Crippen molar-refractivity contribution >= 4 is 11.8 Å². The van der Waals surface area contributed by atoms with Gasteiger partial charge in [0.25, 0.3) is 0 Å². The number of benzene rings is 1. The van der Waals surface area contributed by atoms with E-state index in [1.54, 1.807) is 12.1 Å². The number of nitrogens with one attached hydrogen (secondary N) is 1. The number of rotatable bonds is 3. The first-order valence-electron chi connectivity index (χ1n) is 4.31. The van der Waals surface area contributed by atoms with Gasteiger partial charge in [-0.2, -0.15) is 0 Å². The van der Waals surface area contributed by atoms with Gasteiger partial charge >= 0.3 is 6.09 Å². The first-order chi connectivity index (χ1) is 7.08. The molecule has 1 aromatic rings. The van der Waals surface area contributed by atoms with Gasteiger partial charge in [0, 0.05) is 17.7 Å². The number of ether oxygens (including phenoxy) is 2. The average molecular weight is 211 g/mol. The van der Waals surface area contributed by atoms with Crippen molar-refractivity contribution in [1.82, 2.24) is 0 Å². The summed E-state index contributed by atoms with van der Waals surface area (Å²) in [5.74, 6) is 1.16. The molecule has 0 bridgehead atoms. The van der Waals surface area contributed by atoms with Crippen LogP contribution in [0.5, 0.6) is 11.5 Å². The zero-order chi connectivity index (χ0) is 11.4. The van der Waals surface area contributed by atoms with Gasteiger partial charge in [-0.05, 0) is 6.92 Å². The number of anilines is 1. The second-order valence-corrected chi connectivity index (χ2v) is 2.94. The molecule has 0 aliphatic carbocycles. The van der Waals surface area contributed by atoms with E-state index in [-0.39, 0.29) is 0 Å². The molecule has 0 spiro atoms. The zero-order valence-corrected chi connectivity index (χ0v) is 8.83. The highest BCUT2D eigenvalue weighted by molar-refractivity contribution is 5.83. The molecule has 0 aliphatic heterocycles. The Hall–Kier alpha value is -1.91. The summed E-state index contributed by atoms with van der Waals surface area (Å²) in [6.45, 7) is 1.84. The van der Waals surface area contributed by atoms with Crippen LogP contribution in [0.15, 0.2) is 12.1 Å². The maximum atomic E-state index is 10.5. The standard InChI is InChI=1S/C10H13NO4/c1-6-8(14-2)4-7(11-10(12)13)5-9(6)15-3/h4-5,11H,1-3H3,(H,12,13). The van der Waals surface area contributed by atoms with E-state index in [9.17, 15) is 4.79 Å². The van der Waals surface area contributed by atoms with Gasteiger partial charge < -0.3 is 14.6 Å². The third-order valence-electron chi connectivity index (χ3n) is 2.00. The molecule has 0 radical (unpaired) electrons. The number of hydrogen-bond acceptors (Lipinski definition) is 3. The molecule has 2 N–H and O–H groups in total. The van der Waals surface area contributed by atoms with E-state index in [2.05, 4.69) is 5.32 Å². The van der Waals surface area contributed by atoms with Gasteiger partial charge in [-0.1, -0.05) is 0 Å². The van der Waals surface area contributed by atoms with Crippen molar-refractivity contribution in [2.24, 2.45) is 0 Å². The average Bonchev–Trinajstić information content (AvgIpc) is 2.19. The van der Waals surface area contributed by atoms with E-state index in [1.807, 2.05) is 6.92 Å². The highest BCUT2D eigenvalue weighted by atomic mass is 16.5. The van der Waals surface area contributed by atoms with Crippen LogP contribution in [0.4, 0.5) is 10.5 Å². The molecule has 5 nitrogen and oxygen atoms in total. The summed E-state index contributed by atoms with van der Waals surface area (Å²) in [5.41, 5.74) is 1.25. The number of carbonyl (C=O) groups is 1. The van der Waals surface area contributed by atoms with Crippen LogP contribution in [-0.4, -0.2) is 25.4 Å². The smallest absolute Gasteiger partial charge is 0.409 e. The zero-order valence-electron chi connectivity index (χ0n) is 8.83. The molecule has 15 heavy (non-hydrogen) atoms. The fraction of sp³-hybridized carbons (Fsp3) is 0.300. The Balaban J connectivity index is 3.14. The Morgan fingerprint density at radius 2 is 1.73 bits per heavy atom. The predicted molar refractivity (Wildman–Crippen MR) is 55.9 cm³/mol. The minimum Gasteiger partial charge on any atom is -0.496 e. The van der Waals surface area contributed by atoms with Gasteiger partial charge in [0.05, 0.1) is 19.9 Å². The molecule has 0 aromatic heterocycles. The van der Waals surface area contributed by atoms with Crippen LogP contribution in [-0.2, 0) is 0 Å². The van der Waals surface area contributed by atoms with E-state index in [1.165, 1.54) is 14.2 Å². The largest absolute Gasteiger partial charge is 0.496 e. The first kappa shape index (κ1) is 11.2. The molecule has 0 saturated carbocycles. The van der Waals surface area contributed by atoms with Gasteiger partial charge in [0.1, 0.15) is 11.5 Å². The van der Waals surface area contributed by atoms with Crippen LogP contribution >= 0.6 is 0 Å². The minimum absolute atomic E-state index is 0.418. The van der Waals surface area contributed by atoms with Crippen molar-refractivity contribution in [3.05, 3.63) is 17.7 Å². The molecule has 0 atom stereocenters. The van der Waals surface area contributed by atoms with Crippen molar-refractivity contribution in [1.29, 1.82) is 0 Å². The molecule has 1 aromatic carbocycles. The molecule has 82 valence electrons. The van der Waals surface area contributed by atoms with Gasteiger partial charge in [0.15, 0.2) is 0 Å². The lowest BCUT2D eigenvalue weighted by Gasteiger charge is -2.12. The lowest BCUT2D eigenvalue weighted by molar-refractivity contribution is 0.209. The minimum atomic E-state index is -1.12. The Labute approximate surface area is 87.6 Å². The fourth-order valence-electron chi connectivity index (χ4n) is 1.28. The molecule has 5 heteroatoms. The molecule has 0 heterocycles. The van der Waals surface area contributed by atoms with Gasteiger partial charge in [-0.3, -0.25) is 5.32 Å². The molecule has 1 amide bonds. The molecule has 1 rings (SSSR count). The molecule has 0 fully saturated rings. The molecular formula is C10H13NO4. The number of carboxylic acid groups (broad SMARTS) is 1. The summed E-state index contributed by atoms with van der Waals surface area (Å²) in [5, 5.41) is 10.8. The summed E-state index contributed by atoms with van der Waals surface area (Å²) in [6.07, 6.45) is -1.12. The fourth-order valence-corrected chi connectivity index (χ4v) is 1.28. The quantitative estimate of drug-likeness (QED) is 0.803. The number of amides is 1. The van der Waals surface area contributed by atoms with E-state index in [4.69, 9.17) is 14.6 Å². The summed E-state index contributed by atoms with van der Waals surface area (Å²) in [4.78, 5) is 10.5. The van der Waals surface area contributed by atoms with Crippen LogP contribution in [0.1, 0.15) is 5.56 Å². The van der Waals surface area contributed by atoms with E-state index < -0.39 is 6.09 Å². The van der Waals surface area contributed by atoms with Crippen LogP contribution < -0.4 is 14.8 Å². The molecule has 0 saturated heterocycles. The van der Waals surface area contributed by atoms with Crippen LogP contribution in [0.25, 0.3) is 0 Å². The monoisotopic (exact) mass is 211 g/mol. The lowest BCUT2D eigenvalue weighted by Crippen LogP contribution is -2.07. The molecule has 0 unspecified atom stereocenters. The van der Waals surface area contributed by atoms with Crippen molar-refractivity contribution in [2.45, 2.75) is 6.92 Å². The van der Waals surface area contributed by atoms with Crippen molar-refractivity contribution in [3.63, 3.8) is 0 Å². The van der Waals surface area contributed by atoms with Gasteiger partial charge in [-0.25, -0.2) is 4.79 Å². The third kappa shape index (κ3) is 2.52. The highest BCUT2D eigenvalue weighted by Crippen LogP contribution is 2.31. The Kier molecular flexibility index (Phi) is 3.38. The summed E-state index contributed by atoms with van der Waals surface area (Å²) >= 11 is 0. The van der Waals surface area contributed by atoms with Crippen molar-refractivity contribution < 1.29 is 19.4 Å². The Bertz CT molecular complexity index is 351. The van der Waals surface area contributed by atoms with Crippen LogP contribution in [0.2, 0.25) is 0 Å². The third-order valence-corrected chi connectivity index (χ3v) is 2.00. The Morgan fingerprint density at radius 1 is 1.27 bits per heavy atom. The van der Waals surface area contributed by atoms with Crippen molar-refractivity contribution in [2.75, 3.05) is 19.5 Å². The van der Waals surface area contributed by atoms with Crippen LogP contribution in [0, 0.1) is 6.92 Å². The number of methoxy groups -OCH3 is 2. The van der Waals surface area contributed by atoms with E-state index >= 15 is 0 Å². The van der Waals surface area contributed by atoms with E-state index in [0.717, 1.165) is 5.56 Å². The summed E-state index contributed by atoms with van der Waals surface area (Å²) < 4.78 is 10.2. The Morgan fingerprint density at radius 3 is 2.07 bits per heavy atom. The van der Waals surface area contributed by atoms with Crippen molar-refractivity contribution in [3.8, 4) is 11.5 Å². The second kappa shape index (κ2) is 4.54. The van der Waals surface area contributed by atoms with Gasteiger partial charge in [-0.15, -0.1) is 0 Å². The normalized spacial score (nSPS) is 9.53. The lowest BCUT2D eigenvalue weighted by atomic mass is 10.2. The van der Waals surface area contributed by atoms with E-state index in [0.29, 0.717) is 17.2 Å². The summed E-state index contributed by atoms with van der Waals surface area (Å²) in [7, 11) is 3.04. The topological polar surface area (TPSA) is 67.8 Å². The van der Waals surface area contributed by atoms with Gasteiger partial charge in [0.2, 0.25) is 0 Å². The number of hydrogen-bond donors (Lipinski definition) is 2. The molecular weight excluding hydrogens is 198 g/mol. The predicted octanol–water partition coefficient (Wildman–Crippen LogP) is 2.10. The molecule has 0 aliphatic rings. The SMILES string of the molecule is COc1cc(NC(=O)O)cc(OC)c1C. The first-order valence-corrected chi connectivity index (χ1v) is 4.31. The second-order valence-electron chi connectivity index (χ2n) is 2.94. The summed E-state index contributed by atoms with van der Waals surface area (Å²) in [6, 6.07) is 3.21.